The van der Waals surface area contributed by atoms with Crippen molar-refractivity contribution in [3.8, 4) is 16.9 Å². The number of hydrogen-bond acceptors (Lipinski definition) is 9. The van der Waals surface area contributed by atoms with Gasteiger partial charge in [0.1, 0.15) is 25.7 Å². The summed E-state index contributed by atoms with van der Waals surface area (Å²) in [4.78, 5) is 29.4. The molecular weight excluding hydrogens is 499 g/mol. The third kappa shape index (κ3) is 4.32. The molecule has 2 aliphatic heterocycles. The Morgan fingerprint density at radius 3 is 2.33 bits per heavy atom. The summed E-state index contributed by atoms with van der Waals surface area (Å²) in [7, 11) is 1.57. The maximum atomic E-state index is 12.1. The van der Waals surface area contributed by atoms with Crippen molar-refractivity contribution >= 4 is 91.5 Å². The van der Waals surface area contributed by atoms with Crippen LogP contribution in [-0.2, 0) is 9.59 Å². The number of carbonyl (C=O) groups excluding carboxylic acids is 2. The van der Waals surface area contributed by atoms with Gasteiger partial charge < -0.3 is 19.8 Å². The fourth-order valence-electron chi connectivity index (χ4n) is 3.39. The van der Waals surface area contributed by atoms with Crippen molar-refractivity contribution in [2.45, 2.75) is 0 Å². The second kappa shape index (κ2) is 8.75. The maximum absolute atomic E-state index is 12.1. The highest BCUT2D eigenvalue weighted by molar-refractivity contribution is 8.27. The summed E-state index contributed by atoms with van der Waals surface area (Å²) in [6.07, 6.45) is 6.81. The number of furan rings is 1. The van der Waals surface area contributed by atoms with E-state index < -0.39 is 0 Å². The van der Waals surface area contributed by atoms with E-state index in [0.29, 0.717) is 35.5 Å². The monoisotopic (exact) mass is 511 g/mol. The SMILES string of the molecule is COc1ccc(-c2cncc3cc(C=C4SC(=S)NC4=O)oc23)cc1C=C1SC(=S)NC1=O. The summed E-state index contributed by atoms with van der Waals surface area (Å²) in [6, 6.07) is 7.43. The van der Waals surface area contributed by atoms with Crippen LogP contribution < -0.4 is 15.4 Å². The summed E-state index contributed by atoms with van der Waals surface area (Å²) >= 11 is 12.5. The van der Waals surface area contributed by atoms with Crippen LogP contribution in [0.5, 0.6) is 5.75 Å². The fraction of sp³-hybridized carbons (Fsp3) is 0.0455. The van der Waals surface area contributed by atoms with Crippen LogP contribution in [0.25, 0.3) is 34.2 Å². The van der Waals surface area contributed by atoms with Gasteiger partial charge in [0.05, 0.1) is 16.9 Å². The lowest BCUT2D eigenvalue weighted by molar-refractivity contribution is -0.116. The van der Waals surface area contributed by atoms with Crippen molar-refractivity contribution in [2.24, 2.45) is 0 Å². The average molecular weight is 512 g/mol. The number of carbonyl (C=O) groups is 2. The molecule has 0 radical (unpaired) electrons. The molecule has 2 N–H and O–H groups in total. The van der Waals surface area contributed by atoms with Crippen LogP contribution >= 0.6 is 48.0 Å². The number of ether oxygens (including phenoxy) is 1. The quantitative estimate of drug-likeness (QED) is 0.388. The first kappa shape index (κ1) is 21.8. The largest absolute Gasteiger partial charge is 0.496 e. The smallest absolute Gasteiger partial charge is 0.263 e. The highest BCUT2D eigenvalue weighted by Gasteiger charge is 2.24. The van der Waals surface area contributed by atoms with Gasteiger partial charge in [-0.1, -0.05) is 54.0 Å². The van der Waals surface area contributed by atoms with Crippen LogP contribution in [-0.4, -0.2) is 32.5 Å². The Bertz CT molecular complexity index is 1440. The van der Waals surface area contributed by atoms with E-state index in [1.165, 1.54) is 23.5 Å². The van der Waals surface area contributed by atoms with Crippen LogP contribution in [0.2, 0.25) is 0 Å². The van der Waals surface area contributed by atoms with Crippen molar-refractivity contribution in [3.63, 3.8) is 0 Å². The number of nitrogens with one attached hydrogen (secondary N) is 2. The van der Waals surface area contributed by atoms with E-state index in [2.05, 4.69) is 15.6 Å². The Morgan fingerprint density at radius 2 is 1.70 bits per heavy atom. The molecule has 2 saturated heterocycles. The first-order valence-electron chi connectivity index (χ1n) is 9.47. The molecule has 1 aromatic carbocycles. The minimum Gasteiger partial charge on any atom is -0.496 e. The van der Waals surface area contributed by atoms with Crippen LogP contribution in [0.1, 0.15) is 11.3 Å². The summed E-state index contributed by atoms with van der Waals surface area (Å²) in [5.41, 5.74) is 2.93. The van der Waals surface area contributed by atoms with Gasteiger partial charge in [-0.05, 0) is 29.8 Å². The fourth-order valence-corrected chi connectivity index (χ4v) is 5.45. The average Bonchev–Trinajstić information content (AvgIpc) is 3.43. The molecule has 33 heavy (non-hydrogen) atoms. The maximum Gasteiger partial charge on any atom is 0.263 e. The van der Waals surface area contributed by atoms with Crippen LogP contribution in [0.4, 0.5) is 0 Å². The third-order valence-corrected chi connectivity index (χ3v) is 7.15. The van der Waals surface area contributed by atoms with Gasteiger partial charge in [-0.3, -0.25) is 14.6 Å². The molecule has 2 amide bonds. The Labute approximate surface area is 207 Å². The lowest BCUT2D eigenvalue weighted by atomic mass is 10.0. The van der Waals surface area contributed by atoms with Crippen LogP contribution in [0.3, 0.4) is 0 Å². The van der Waals surface area contributed by atoms with Gasteiger partial charge in [0.15, 0.2) is 0 Å². The normalized spacial score (nSPS) is 18.5. The highest BCUT2D eigenvalue weighted by Crippen LogP contribution is 2.36. The molecule has 164 valence electrons. The number of benzene rings is 1. The van der Waals surface area contributed by atoms with E-state index in [0.717, 1.165) is 22.1 Å². The second-order valence-corrected chi connectivity index (χ2v) is 10.4. The zero-order valence-electron chi connectivity index (χ0n) is 16.8. The number of amides is 2. The number of hydrogen-bond donors (Lipinski definition) is 2. The molecule has 2 aromatic heterocycles. The molecule has 2 fully saturated rings. The van der Waals surface area contributed by atoms with Gasteiger partial charge in [0.2, 0.25) is 0 Å². The summed E-state index contributed by atoms with van der Waals surface area (Å²) < 4.78 is 12.4. The first-order chi connectivity index (χ1) is 15.9. The highest BCUT2D eigenvalue weighted by atomic mass is 32.2. The zero-order chi connectivity index (χ0) is 23.1. The number of thiocarbonyl (C=S) groups is 2. The second-order valence-electron chi connectivity index (χ2n) is 6.92. The van der Waals surface area contributed by atoms with Gasteiger partial charge >= 0.3 is 0 Å². The molecule has 0 unspecified atom stereocenters. The molecule has 5 rings (SSSR count). The van der Waals surface area contributed by atoms with E-state index in [4.69, 9.17) is 33.6 Å². The summed E-state index contributed by atoms with van der Waals surface area (Å²) in [6.45, 7) is 0. The van der Waals surface area contributed by atoms with Crippen molar-refractivity contribution in [2.75, 3.05) is 7.11 Å². The van der Waals surface area contributed by atoms with Crippen molar-refractivity contribution in [3.05, 3.63) is 57.8 Å². The molecule has 7 nitrogen and oxygen atoms in total. The van der Waals surface area contributed by atoms with E-state index in [-0.39, 0.29) is 11.8 Å². The molecule has 2 aliphatic rings. The lowest BCUT2D eigenvalue weighted by Gasteiger charge is -2.09. The topological polar surface area (TPSA) is 93.5 Å². The Kier molecular flexibility index (Phi) is 5.79. The summed E-state index contributed by atoms with van der Waals surface area (Å²) in [5.74, 6) is 0.649. The van der Waals surface area contributed by atoms with Gasteiger partial charge in [0.25, 0.3) is 11.8 Å². The number of rotatable bonds is 4. The molecule has 0 bridgehead atoms. The van der Waals surface area contributed by atoms with E-state index >= 15 is 0 Å². The molecule has 0 atom stereocenters. The third-order valence-electron chi connectivity index (χ3n) is 4.83. The van der Waals surface area contributed by atoms with Crippen molar-refractivity contribution in [1.82, 2.24) is 15.6 Å². The number of pyridine rings is 1. The Morgan fingerprint density at radius 1 is 1.00 bits per heavy atom. The molecule has 4 heterocycles. The van der Waals surface area contributed by atoms with Crippen molar-refractivity contribution in [1.29, 1.82) is 0 Å². The Balaban J connectivity index is 1.57. The van der Waals surface area contributed by atoms with Gasteiger partial charge in [-0.15, -0.1) is 0 Å². The minimum absolute atomic E-state index is 0.238. The minimum atomic E-state index is -0.245. The number of thioether (sulfide) groups is 2. The predicted octanol–water partition coefficient (Wildman–Crippen LogP) is 4.48. The van der Waals surface area contributed by atoms with Gasteiger partial charge in [-0.25, -0.2) is 0 Å². The number of methoxy groups -OCH3 is 1. The lowest BCUT2D eigenvalue weighted by Crippen LogP contribution is -2.17. The number of aromatic nitrogens is 1. The first-order valence-corrected chi connectivity index (χ1v) is 11.9. The number of nitrogens with zero attached hydrogens (tertiary/aromatic N) is 1. The van der Waals surface area contributed by atoms with Crippen molar-refractivity contribution < 1.29 is 18.7 Å². The molecule has 0 aliphatic carbocycles. The number of fused-ring (bicyclic) bond motifs is 1. The summed E-state index contributed by atoms with van der Waals surface area (Å²) in [5, 5.41) is 5.99. The molecule has 0 spiro atoms. The predicted molar refractivity (Wildman–Crippen MR) is 139 cm³/mol. The molecular formula is C22H13N3O4S4. The van der Waals surface area contributed by atoms with Crippen LogP contribution in [0, 0.1) is 0 Å². The Hall–Kier alpha value is -2.99. The van der Waals surface area contributed by atoms with E-state index in [1.54, 1.807) is 31.7 Å². The molecule has 11 heteroatoms. The zero-order valence-corrected chi connectivity index (χ0v) is 20.1. The van der Waals surface area contributed by atoms with Gasteiger partial charge in [0, 0.05) is 35.0 Å². The van der Waals surface area contributed by atoms with E-state index in [1.807, 2.05) is 24.3 Å². The molecule has 3 aromatic rings. The van der Waals surface area contributed by atoms with Crippen LogP contribution in [0.15, 0.2) is 50.9 Å². The standard InChI is InChI=1S/C22H13N3O4S4/c1-28-15-3-2-10(4-11(15)6-16-19(26)24-21(30)32-16)14-9-23-8-12-5-13(29-18(12)14)7-17-20(27)25-22(31)33-17/h2-9H,1H3,(H,24,26,30)(H,25,27,31). The van der Waals surface area contributed by atoms with E-state index in [9.17, 15) is 9.59 Å². The molecule has 0 saturated carbocycles. The van der Waals surface area contributed by atoms with Gasteiger partial charge in [-0.2, -0.15) is 0 Å².